The molecule has 0 spiro atoms. The van der Waals surface area contributed by atoms with E-state index in [1.807, 2.05) is 43.4 Å². The molecule has 6 heteroatoms. The fraction of sp³-hybridized carbons (Fsp3) is 0.235. The molecular formula is C17H19BrClN2O2+. The predicted molar refractivity (Wildman–Crippen MR) is 96.2 cm³/mol. The third-order valence-corrected chi connectivity index (χ3v) is 4.03. The van der Waals surface area contributed by atoms with Crippen molar-refractivity contribution in [2.45, 2.75) is 6.54 Å². The van der Waals surface area contributed by atoms with E-state index in [1.54, 1.807) is 13.2 Å². The highest BCUT2D eigenvalue weighted by Crippen LogP contribution is 2.21. The highest BCUT2D eigenvalue weighted by Gasteiger charge is 2.14. The minimum absolute atomic E-state index is 0.0402. The van der Waals surface area contributed by atoms with Crippen LogP contribution in [0.4, 0.5) is 5.69 Å². The molecule has 0 saturated heterocycles. The maximum Gasteiger partial charge on any atom is 0.279 e. The number of methoxy groups -OCH3 is 1. The summed E-state index contributed by atoms with van der Waals surface area (Å²) < 4.78 is 6.27. The Morgan fingerprint density at radius 2 is 2.09 bits per heavy atom. The van der Waals surface area contributed by atoms with Gasteiger partial charge in [0.1, 0.15) is 12.3 Å². The number of anilines is 1. The number of ether oxygens (including phenoxy) is 1. The molecule has 0 aliphatic heterocycles. The van der Waals surface area contributed by atoms with Crippen LogP contribution >= 0.6 is 27.5 Å². The average molecular weight is 399 g/mol. The minimum atomic E-state index is -0.0402. The zero-order valence-electron chi connectivity index (χ0n) is 13.0. The first-order valence-electron chi connectivity index (χ1n) is 7.17. The number of carbonyl (C=O) groups is 1. The summed E-state index contributed by atoms with van der Waals surface area (Å²) in [6, 6.07) is 13.0. The van der Waals surface area contributed by atoms with Gasteiger partial charge in [0.15, 0.2) is 6.54 Å². The summed E-state index contributed by atoms with van der Waals surface area (Å²) in [5, 5.41) is 3.55. The van der Waals surface area contributed by atoms with Gasteiger partial charge in [-0.2, -0.15) is 0 Å². The second-order valence-corrected chi connectivity index (χ2v) is 6.68. The smallest absolute Gasteiger partial charge is 0.279 e. The van der Waals surface area contributed by atoms with Gasteiger partial charge in [-0.1, -0.05) is 33.6 Å². The third-order valence-electron chi connectivity index (χ3n) is 3.31. The van der Waals surface area contributed by atoms with Crippen molar-refractivity contribution in [1.82, 2.24) is 0 Å². The summed E-state index contributed by atoms with van der Waals surface area (Å²) in [7, 11) is 3.59. The van der Waals surface area contributed by atoms with E-state index in [4.69, 9.17) is 16.3 Å². The van der Waals surface area contributed by atoms with E-state index < -0.39 is 0 Å². The quantitative estimate of drug-likeness (QED) is 0.786. The molecule has 0 heterocycles. The van der Waals surface area contributed by atoms with Gasteiger partial charge in [-0.15, -0.1) is 0 Å². The Hall–Kier alpha value is -1.56. The van der Waals surface area contributed by atoms with Crippen molar-refractivity contribution in [1.29, 1.82) is 0 Å². The van der Waals surface area contributed by atoms with Crippen LogP contribution in [0, 0.1) is 0 Å². The maximum atomic E-state index is 12.1. The largest absolute Gasteiger partial charge is 0.496 e. The number of hydrogen-bond donors (Lipinski definition) is 2. The lowest BCUT2D eigenvalue weighted by Gasteiger charge is -2.16. The van der Waals surface area contributed by atoms with E-state index in [2.05, 4.69) is 21.2 Å². The van der Waals surface area contributed by atoms with Crippen molar-refractivity contribution < 1.29 is 14.4 Å². The maximum absolute atomic E-state index is 12.1. The molecule has 1 unspecified atom stereocenters. The zero-order valence-corrected chi connectivity index (χ0v) is 15.4. The van der Waals surface area contributed by atoms with E-state index in [1.165, 1.54) is 0 Å². The molecule has 122 valence electrons. The lowest BCUT2D eigenvalue weighted by atomic mass is 10.2. The molecule has 0 saturated carbocycles. The number of carbonyl (C=O) groups excluding carboxylic acids is 1. The van der Waals surface area contributed by atoms with Gasteiger partial charge in [0.2, 0.25) is 0 Å². The van der Waals surface area contributed by atoms with Crippen molar-refractivity contribution in [3.63, 3.8) is 0 Å². The van der Waals surface area contributed by atoms with Crippen LogP contribution in [-0.4, -0.2) is 26.6 Å². The summed E-state index contributed by atoms with van der Waals surface area (Å²) >= 11 is 9.42. The molecule has 2 N–H and O–H groups in total. The van der Waals surface area contributed by atoms with Crippen LogP contribution in [-0.2, 0) is 11.3 Å². The number of nitrogens with one attached hydrogen (secondary N) is 2. The number of likely N-dealkylation sites (N-methyl/N-ethyl adjacent to an activating group) is 1. The van der Waals surface area contributed by atoms with Crippen LogP contribution in [0.5, 0.6) is 5.75 Å². The van der Waals surface area contributed by atoms with Crippen LogP contribution in [0.25, 0.3) is 0 Å². The second-order valence-electron chi connectivity index (χ2n) is 5.33. The van der Waals surface area contributed by atoms with Gasteiger partial charge < -0.3 is 15.0 Å². The van der Waals surface area contributed by atoms with Crippen LogP contribution in [0.1, 0.15) is 5.56 Å². The van der Waals surface area contributed by atoms with Gasteiger partial charge in [-0.05, 0) is 36.4 Å². The number of amides is 1. The minimum Gasteiger partial charge on any atom is -0.496 e. The number of benzene rings is 2. The second kappa shape index (κ2) is 8.34. The SMILES string of the molecule is COc1ccc(Cl)cc1C[NH+](C)CC(=O)Nc1cccc(Br)c1. The van der Waals surface area contributed by atoms with Crippen LogP contribution in [0.15, 0.2) is 46.9 Å². The van der Waals surface area contributed by atoms with Gasteiger partial charge in [0.25, 0.3) is 5.91 Å². The van der Waals surface area contributed by atoms with Crippen LogP contribution in [0.2, 0.25) is 5.02 Å². The topological polar surface area (TPSA) is 42.8 Å². The lowest BCUT2D eigenvalue weighted by Crippen LogP contribution is -3.08. The van der Waals surface area contributed by atoms with Gasteiger partial charge >= 0.3 is 0 Å². The highest BCUT2D eigenvalue weighted by atomic mass is 79.9. The lowest BCUT2D eigenvalue weighted by molar-refractivity contribution is -0.885. The first-order valence-corrected chi connectivity index (χ1v) is 8.34. The summed E-state index contributed by atoms with van der Waals surface area (Å²) in [6.07, 6.45) is 0. The molecule has 2 aromatic rings. The molecule has 23 heavy (non-hydrogen) atoms. The number of rotatable bonds is 6. The number of halogens is 2. The molecular weight excluding hydrogens is 380 g/mol. The number of hydrogen-bond acceptors (Lipinski definition) is 2. The van der Waals surface area contributed by atoms with Crippen LogP contribution in [0.3, 0.4) is 0 Å². The van der Waals surface area contributed by atoms with E-state index >= 15 is 0 Å². The Kier molecular flexibility index (Phi) is 6.45. The monoisotopic (exact) mass is 397 g/mol. The molecule has 0 aromatic heterocycles. The van der Waals surface area contributed by atoms with E-state index in [-0.39, 0.29) is 5.91 Å². The fourth-order valence-corrected chi connectivity index (χ4v) is 2.91. The van der Waals surface area contributed by atoms with Gasteiger partial charge in [-0.25, -0.2) is 0 Å². The Bertz CT molecular complexity index is 694. The predicted octanol–water partition coefficient (Wildman–Crippen LogP) is 2.76. The van der Waals surface area contributed by atoms with E-state index in [0.717, 1.165) is 26.4 Å². The molecule has 2 aromatic carbocycles. The van der Waals surface area contributed by atoms with Gasteiger partial charge in [0, 0.05) is 20.7 Å². The Morgan fingerprint density at radius 1 is 1.30 bits per heavy atom. The van der Waals surface area contributed by atoms with Gasteiger partial charge in [0.05, 0.1) is 14.2 Å². The van der Waals surface area contributed by atoms with Crippen molar-refractivity contribution >= 4 is 39.1 Å². The molecule has 0 fully saturated rings. The molecule has 0 aliphatic carbocycles. The molecule has 4 nitrogen and oxygen atoms in total. The van der Waals surface area contributed by atoms with Crippen molar-refractivity contribution in [3.05, 3.63) is 57.5 Å². The third kappa shape index (κ3) is 5.53. The Morgan fingerprint density at radius 3 is 2.78 bits per heavy atom. The summed E-state index contributed by atoms with van der Waals surface area (Å²) in [5.41, 5.74) is 1.75. The Balaban J connectivity index is 1.95. The molecule has 1 atom stereocenters. The van der Waals surface area contributed by atoms with Crippen molar-refractivity contribution in [2.75, 3.05) is 26.0 Å². The molecule has 0 bridgehead atoms. The molecule has 1 amide bonds. The normalized spacial score (nSPS) is 11.8. The highest BCUT2D eigenvalue weighted by molar-refractivity contribution is 9.10. The summed E-state index contributed by atoms with van der Waals surface area (Å²) in [4.78, 5) is 13.2. The van der Waals surface area contributed by atoms with Crippen molar-refractivity contribution in [2.24, 2.45) is 0 Å². The Labute approximate surface area is 149 Å². The fourth-order valence-electron chi connectivity index (χ4n) is 2.32. The van der Waals surface area contributed by atoms with Gasteiger partial charge in [-0.3, -0.25) is 4.79 Å². The zero-order chi connectivity index (χ0) is 16.8. The first-order chi connectivity index (χ1) is 11.0. The number of quaternary nitrogens is 1. The first kappa shape index (κ1) is 17.8. The summed E-state index contributed by atoms with van der Waals surface area (Å²) in [5.74, 6) is 0.739. The molecule has 0 radical (unpaired) electrons. The average Bonchev–Trinajstić information content (AvgIpc) is 2.47. The van der Waals surface area contributed by atoms with E-state index in [9.17, 15) is 4.79 Å². The van der Waals surface area contributed by atoms with Crippen molar-refractivity contribution in [3.8, 4) is 5.75 Å². The van der Waals surface area contributed by atoms with Crippen LogP contribution < -0.4 is 15.0 Å². The van der Waals surface area contributed by atoms with E-state index in [0.29, 0.717) is 18.1 Å². The standard InChI is InChI=1S/C17H18BrClN2O2/c1-21(10-12-8-14(19)6-7-16(12)23-2)11-17(22)20-15-5-3-4-13(18)9-15/h3-9H,10-11H2,1-2H3,(H,20,22)/p+1. The molecule has 0 aliphatic rings. The summed E-state index contributed by atoms with van der Waals surface area (Å²) in [6.45, 7) is 0.998. The molecule has 2 rings (SSSR count).